The van der Waals surface area contributed by atoms with Crippen molar-refractivity contribution in [2.24, 2.45) is 0 Å². The van der Waals surface area contributed by atoms with Crippen molar-refractivity contribution in [1.82, 2.24) is 0 Å². The summed E-state index contributed by atoms with van der Waals surface area (Å²) in [5.74, 6) is 1.10. The van der Waals surface area contributed by atoms with Gasteiger partial charge in [0, 0.05) is 11.4 Å². The molecule has 0 atom stereocenters. The molecule has 0 bridgehead atoms. The number of carbonyl (C=O) groups is 2. The molecule has 0 aliphatic heterocycles. The van der Waals surface area contributed by atoms with Gasteiger partial charge in [0.1, 0.15) is 11.5 Å². The fourth-order valence-electron chi connectivity index (χ4n) is 3.45. The van der Waals surface area contributed by atoms with Gasteiger partial charge < -0.3 is 30.7 Å². The maximum atomic E-state index is 12.6. The van der Waals surface area contributed by atoms with Gasteiger partial charge >= 0.3 is 0 Å². The molecule has 0 saturated carbocycles. The second-order valence-electron chi connectivity index (χ2n) is 8.20. The Morgan fingerprint density at radius 1 is 0.639 bits per heavy atom. The molecule has 2 amide bonds. The van der Waals surface area contributed by atoms with Crippen LogP contribution in [0.2, 0.25) is 0 Å². The second kappa shape index (κ2) is 13.0. The number of amides is 2. The second-order valence-corrected chi connectivity index (χ2v) is 8.20. The summed E-state index contributed by atoms with van der Waals surface area (Å²) in [5, 5.41) is 12.0. The van der Waals surface area contributed by atoms with Crippen molar-refractivity contribution in [3.05, 3.63) is 71.8 Å². The first-order valence-corrected chi connectivity index (χ1v) is 12.0. The molecule has 0 radical (unpaired) electrons. The number of anilines is 4. The third-order valence-electron chi connectivity index (χ3n) is 5.42. The van der Waals surface area contributed by atoms with Crippen molar-refractivity contribution in [1.29, 1.82) is 0 Å². The highest BCUT2D eigenvalue weighted by molar-refractivity contribution is 6.02. The lowest BCUT2D eigenvalue weighted by molar-refractivity contribution is -0.115. The van der Waals surface area contributed by atoms with Crippen LogP contribution in [-0.4, -0.2) is 38.1 Å². The summed E-state index contributed by atoms with van der Waals surface area (Å²) in [6.07, 6.45) is 0. The fraction of sp³-hybridized carbons (Fsp3) is 0.286. The molecule has 0 aliphatic carbocycles. The van der Waals surface area contributed by atoms with Gasteiger partial charge in [-0.05, 0) is 99.5 Å². The molecule has 8 heteroatoms. The molecule has 0 aromatic heterocycles. The SMILES string of the molecule is CCOc1ccc(NCC(=O)Nc2cc(C)c(C)cc2NC(=O)CNc2ccc(OCC)cc2)cc1. The summed E-state index contributed by atoms with van der Waals surface area (Å²) in [5.41, 5.74) is 4.73. The van der Waals surface area contributed by atoms with Crippen LogP contribution in [0.3, 0.4) is 0 Å². The van der Waals surface area contributed by atoms with Gasteiger partial charge in [-0.1, -0.05) is 0 Å². The Bertz CT molecular complexity index is 1070. The highest BCUT2D eigenvalue weighted by Crippen LogP contribution is 2.26. The van der Waals surface area contributed by atoms with Gasteiger partial charge in [-0.25, -0.2) is 0 Å². The minimum Gasteiger partial charge on any atom is -0.494 e. The Labute approximate surface area is 212 Å². The Morgan fingerprint density at radius 2 is 1.00 bits per heavy atom. The van der Waals surface area contributed by atoms with Gasteiger partial charge in [0.2, 0.25) is 11.8 Å². The van der Waals surface area contributed by atoms with Crippen molar-refractivity contribution in [2.75, 3.05) is 47.6 Å². The van der Waals surface area contributed by atoms with Crippen LogP contribution in [-0.2, 0) is 9.59 Å². The largest absolute Gasteiger partial charge is 0.494 e. The van der Waals surface area contributed by atoms with Crippen molar-refractivity contribution in [2.45, 2.75) is 27.7 Å². The zero-order chi connectivity index (χ0) is 25.9. The van der Waals surface area contributed by atoms with E-state index in [9.17, 15) is 9.59 Å². The Morgan fingerprint density at radius 3 is 1.33 bits per heavy atom. The summed E-state index contributed by atoms with van der Waals surface area (Å²) in [6.45, 7) is 9.13. The first kappa shape index (κ1) is 26.4. The summed E-state index contributed by atoms with van der Waals surface area (Å²) >= 11 is 0. The highest BCUT2D eigenvalue weighted by Gasteiger charge is 2.12. The molecule has 0 heterocycles. The number of aryl methyl sites for hydroxylation is 2. The minimum absolute atomic E-state index is 0.0770. The average molecular weight is 491 g/mol. The molecule has 190 valence electrons. The highest BCUT2D eigenvalue weighted by atomic mass is 16.5. The quantitative estimate of drug-likeness (QED) is 0.278. The van der Waals surface area contributed by atoms with E-state index in [0.29, 0.717) is 24.6 Å². The zero-order valence-electron chi connectivity index (χ0n) is 21.2. The topological polar surface area (TPSA) is 101 Å². The van der Waals surface area contributed by atoms with Gasteiger partial charge in [0.05, 0.1) is 37.7 Å². The van der Waals surface area contributed by atoms with E-state index in [-0.39, 0.29) is 24.9 Å². The van der Waals surface area contributed by atoms with Gasteiger partial charge in [-0.15, -0.1) is 0 Å². The fourth-order valence-corrected chi connectivity index (χ4v) is 3.45. The molecule has 3 aromatic rings. The molecule has 3 rings (SSSR count). The summed E-state index contributed by atoms with van der Waals surface area (Å²) in [7, 11) is 0. The van der Waals surface area contributed by atoms with E-state index in [1.54, 1.807) is 0 Å². The van der Waals surface area contributed by atoms with E-state index >= 15 is 0 Å². The van der Waals surface area contributed by atoms with Gasteiger partial charge in [-0.2, -0.15) is 0 Å². The Kier molecular flexibility index (Phi) is 9.56. The lowest BCUT2D eigenvalue weighted by Gasteiger charge is -2.16. The van der Waals surface area contributed by atoms with Crippen LogP contribution in [0.4, 0.5) is 22.7 Å². The van der Waals surface area contributed by atoms with Crippen molar-refractivity contribution < 1.29 is 19.1 Å². The van der Waals surface area contributed by atoms with E-state index < -0.39 is 0 Å². The number of ether oxygens (including phenoxy) is 2. The maximum absolute atomic E-state index is 12.6. The van der Waals surface area contributed by atoms with Gasteiger partial charge in [-0.3, -0.25) is 9.59 Å². The standard InChI is InChI=1S/C28H34N4O4/c1-5-35-23-11-7-21(8-12-23)29-17-27(33)31-25-15-19(3)20(4)16-26(25)32-28(34)18-30-22-9-13-24(14-10-22)36-6-2/h7-16,29-30H,5-6,17-18H2,1-4H3,(H,31,33)(H,32,34). The first-order chi connectivity index (χ1) is 17.4. The zero-order valence-corrected chi connectivity index (χ0v) is 21.2. The van der Waals surface area contributed by atoms with Crippen LogP contribution in [0.1, 0.15) is 25.0 Å². The molecule has 36 heavy (non-hydrogen) atoms. The van der Waals surface area contributed by atoms with E-state index in [1.807, 2.05) is 88.4 Å². The summed E-state index contributed by atoms with van der Waals surface area (Å²) < 4.78 is 10.9. The molecule has 3 aromatic carbocycles. The van der Waals surface area contributed by atoms with Crippen LogP contribution in [0.15, 0.2) is 60.7 Å². The van der Waals surface area contributed by atoms with E-state index in [4.69, 9.17) is 9.47 Å². The lowest BCUT2D eigenvalue weighted by Crippen LogP contribution is -2.25. The molecule has 0 saturated heterocycles. The van der Waals surface area contributed by atoms with Gasteiger partial charge in [0.25, 0.3) is 0 Å². The molecular weight excluding hydrogens is 456 g/mol. The predicted molar refractivity (Wildman–Crippen MR) is 145 cm³/mol. The van der Waals surface area contributed by atoms with Crippen LogP contribution < -0.4 is 30.7 Å². The number of hydrogen-bond acceptors (Lipinski definition) is 6. The third kappa shape index (κ3) is 7.94. The number of nitrogens with one attached hydrogen (secondary N) is 4. The summed E-state index contributed by atoms with van der Waals surface area (Å²) in [6, 6.07) is 18.6. The summed E-state index contributed by atoms with van der Waals surface area (Å²) in [4.78, 5) is 25.3. The van der Waals surface area contributed by atoms with Crippen molar-refractivity contribution >= 4 is 34.6 Å². The molecule has 0 fully saturated rings. The number of benzene rings is 3. The maximum Gasteiger partial charge on any atom is 0.243 e. The van der Waals surface area contributed by atoms with Crippen molar-refractivity contribution in [3.63, 3.8) is 0 Å². The molecule has 0 aliphatic rings. The lowest BCUT2D eigenvalue weighted by atomic mass is 10.1. The van der Waals surface area contributed by atoms with E-state index in [2.05, 4.69) is 21.3 Å². The molecular formula is C28H34N4O4. The average Bonchev–Trinajstić information content (AvgIpc) is 2.86. The van der Waals surface area contributed by atoms with Crippen LogP contribution in [0, 0.1) is 13.8 Å². The molecule has 0 spiro atoms. The number of rotatable bonds is 12. The monoisotopic (exact) mass is 490 g/mol. The van der Waals surface area contributed by atoms with Gasteiger partial charge in [0.15, 0.2) is 0 Å². The minimum atomic E-state index is -0.227. The van der Waals surface area contributed by atoms with Crippen molar-refractivity contribution in [3.8, 4) is 11.5 Å². The van der Waals surface area contributed by atoms with E-state index in [1.165, 1.54) is 0 Å². The third-order valence-corrected chi connectivity index (χ3v) is 5.42. The smallest absolute Gasteiger partial charge is 0.243 e. The Balaban J connectivity index is 1.57. The predicted octanol–water partition coefficient (Wildman–Crippen LogP) is 5.20. The molecule has 0 unspecified atom stereocenters. The first-order valence-electron chi connectivity index (χ1n) is 12.0. The Hall–Kier alpha value is -4.20. The van der Waals surface area contributed by atoms with E-state index in [0.717, 1.165) is 34.0 Å². The molecule has 8 nitrogen and oxygen atoms in total. The van der Waals surface area contributed by atoms with Crippen LogP contribution >= 0.6 is 0 Å². The molecule has 4 N–H and O–H groups in total. The van der Waals surface area contributed by atoms with Crippen LogP contribution in [0.25, 0.3) is 0 Å². The number of carbonyl (C=O) groups excluding carboxylic acids is 2. The number of hydrogen-bond donors (Lipinski definition) is 4. The normalized spacial score (nSPS) is 10.3. The van der Waals surface area contributed by atoms with Crippen LogP contribution in [0.5, 0.6) is 11.5 Å².